The Morgan fingerprint density at radius 1 is 0.328 bits per heavy atom. The number of nitrogens with zero attached hydrogens (tertiary/aromatic N) is 2. The summed E-state index contributed by atoms with van der Waals surface area (Å²) in [5, 5.41) is 0. The first-order chi connectivity index (χ1) is 31.6. The Labute approximate surface area is 368 Å². The second-order valence-electron chi connectivity index (χ2n) is 16.1. The fourth-order valence-corrected chi connectivity index (χ4v) is 9.40. The SMILES string of the molecule is O=C1c2ccccc2C(=O)c2cc(C3=Cc4nc3c(-c3ccccc3)c3ccc([nH]3)c(-c3ccccc3)c3nc(c(-c5ccccc5)c5ccc([nH]5)c4-c4ccccc4)C=C3)ccc21. The topological polar surface area (TPSA) is 91.5 Å². The molecular formula is C58H36N4O2. The maximum Gasteiger partial charge on any atom is 0.194 e. The number of carbonyl (C=O) groups excluding carboxylic acids is 2. The first kappa shape index (κ1) is 37.1. The third-order valence-corrected chi connectivity index (χ3v) is 12.3. The van der Waals surface area contributed by atoms with Crippen molar-refractivity contribution in [2.45, 2.75) is 0 Å². The summed E-state index contributed by atoms with van der Waals surface area (Å²) in [6.07, 6.45) is 6.34. The lowest BCUT2D eigenvalue weighted by Gasteiger charge is -2.18. The average Bonchev–Trinajstić information content (AvgIpc) is 4.20. The Kier molecular flexibility index (Phi) is 8.69. The molecule has 0 saturated heterocycles. The molecule has 8 bridgehead atoms. The van der Waals surface area contributed by atoms with E-state index in [4.69, 9.17) is 9.97 Å². The van der Waals surface area contributed by atoms with E-state index in [9.17, 15) is 9.59 Å². The molecule has 0 atom stereocenters. The summed E-state index contributed by atoms with van der Waals surface area (Å²) in [4.78, 5) is 46.8. The summed E-state index contributed by atoms with van der Waals surface area (Å²) in [6.45, 7) is 0. The third-order valence-electron chi connectivity index (χ3n) is 12.3. The quantitative estimate of drug-likeness (QED) is 0.181. The highest BCUT2D eigenvalue weighted by molar-refractivity contribution is 6.28. The van der Waals surface area contributed by atoms with E-state index in [2.05, 4.69) is 125 Å². The Morgan fingerprint density at radius 2 is 0.719 bits per heavy atom. The van der Waals surface area contributed by atoms with Crippen molar-refractivity contribution < 1.29 is 9.59 Å². The highest BCUT2D eigenvalue weighted by Crippen LogP contribution is 2.43. The minimum Gasteiger partial charge on any atom is -0.354 e. The molecule has 0 unspecified atom stereocenters. The highest BCUT2D eigenvalue weighted by atomic mass is 16.1. The van der Waals surface area contributed by atoms with Gasteiger partial charge in [-0.15, -0.1) is 0 Å². The molecule has 0 radical (unpaired) electrons. The van der Waals surface area contributed by atoms with Gasteiger partial charge in [0.25, 0.3) is 0 Å². The summed E-state index contributed by atoms with van der Waals surface area (Å²) in [5.41, 5.74) is 17.7. The van der Waals surface area contributed by atoms with E-state index < -0.39 is 0 Å². The van der Waals surface area contributed by atoms with Crippen LogP contribution in [0.2, 0.25) is 0 Å². The average molecular weight is 821 g/mol. The molecular weight excluding hydrogens is 785 g/mol. The van der Waals surface area contributed by atoms with Gasteiger partial charge in [-0.2, -0.15) is 0 Å². The van der Waals surface area contributed by atoms with Gasteiger partial charge in [-0.25, -0.2) is 9.97 Å². The Morgan fingerprint density at radius 3 is 1.20 bits per heavy atom. The van der Waals surface area contributed by atoms with Crippen LogP contribution in [0.1, 0.15) is 60.2 Å². The van der Waals surface area contributed by atoms with Crippen molar-refractivity contribution in [1.29, 1.82) is 0 Å². The summed E-state index contributed by atoms with van der Waals surface area (Å²) in [5.74, 6) is -0.328. The van der Waals surface area contributed by atoms with Gasteiger partial charge in [-0.1, -0.05) is 152 Å². The molecule has 5 heterocycles. The fraction of sp³-hybridized carbons (Fsp3) is 0. The zero-order valence-electron chi connectivity index (χ0n) is 34.3. The van der Waals surface area contributed by atoms with Crippen LogP contribution in [0.3, 0.4) is 0 Å². The standard InChI is InChI=1S/C58H36N4O2/c63-57-40-23-13-14-24-41(40)58(64)44-33-39(25-26-42(44)57)43-34-51-54(37-19-9-3-10-20-37)49-30-29-47(60-49)52(35-15-5-1-6-16-35)45-27-28-46(59-45)53(36-17-7-2-8-18-36)48-31-32-50(61-48)55(56(43)62-51)38-21-11-4-12-22-38/h1-34,60-61H. The fourth-order valence-electron chi connectivity index (χ4n) is 9.40. The number of hydrogen-bond acceptors (Lipinski definition) is 4. The van der Waals surface area contributed by atoms with E-state index in [0.29, 0.717) is 22.3 Å². The number of nitrogens with one attached hydrogen (secondary N) is 2. The number of aromatic amines is 2. The van der Waals surface area contributed by atoms with Crippen molar-refractivity contribution in [1.82, 2.24) is 19.9 Å². The van der Waals surface area contributed by atoms with E-state index in [1.807, 2.05) is 60.7 Å². The van der Waals surface area contributed by atoms with Gasteiger partial charge in [0, 0.05) is 72.1 Å². The molecule has 0 spiro atoms. The van der Waals surface area contributed by atoms with Gasteiger partial charge in [0.2, 0.25) is 0 Å². The molecule has 6 heteroatoms. The van der Waals surface area contributed by atoms with Crippen LogP contribution in [-0.4, -0.2) is 31.5 Å². The number of aromatic nitrogens is 4. The molecule has 64 heavy (non-hydrogen) atoms. The molecule has 0 amide bonds. The van der Waals surface area contributed by atoms with Gasteiger partial charge in [0.15, 0.2) is 11.6 Å². The van der Waals surface area contributed by atoms with E-state index >= 15 is 0 Å². The normalized spacial score (nSPS) is 12.8. The number of ketones is 2. The maximum absolute atomic E-state index is 14.2. The molecule has 6 nitrogen and oxygen atoms in total. The third kappa shape index (κ3) is 6.11. The molecule has 300 valence electrons. The zero-order chi connectivity index (χ0) is 42.7. The highest BCUT2D eigenvalue weighted by Gasteiger charge is 2.31. The van der Waals surface area contributed by atoms with Crippen molar-refractivity contribution in [2.75, 3.05) is 0 Å². The smallest absolute Gasteiger partial charge is 0.194 e. The lowest BCUT2D eigenvalue weighted by molar-refractivity contribution is 0.0979. The van der Waals surface area contributed by atoms with Crippen LogP contribution < -0.4 is 0 Å². The van der Waals surface area contributed by atoms with Gasteiger partial charge < -0.3 is 9.97 Å². The number of benzene rings is 6. The van der Waals surface area contributed by atoms with Crippen LogP contribution in [0.5, 0.6) is 0 Å². The van der Waals surface area contributed by atoms with E-state index in [-0.39, 0.29) is 11.6 Å². The van der Waals surface area contributed by atoms with Crippen LogP contribution in [0.4, 0.5) is 0 Å². The number of carbonyl (C=O) groups is 2. The molecule has 12 rings (SSSR count). The van der Waals surface area contributed by atoms with Crippen molar-refractivity contribution in [3.8, 4) is 44.5 Å². The second-order valence-corrected chi connectivity index (χ2v) is 16.1. The van der Waals surface area contributed by atoms with Crippen molar-refractivity contribution >= 4 is 57.4 Å². The predicted molar refractivity (Wildman–Crippen MR) is 258 cm³/mol. The number of rotatable bonds is 5. The second kappa shape index (κ2) is 15.0. The molecule has 6 aromatic carbocycles. The van der Waals surface area contributed by atoms with E-state index in [1.54, 1.807) is 30.3 Å². The maximum atomic E-state index is 14.2. The molecule has 0 saturated carbocycles. The van der Waals surface area contributed by atoms with Gasteiger partial charge >= 0.3 is 0 Å². The molecule has 3 aromatic heterocycles. The van der Waals surface area contributed by atoms with Crippen molar-refractivity contribution in [3.05, 3.63) is 239 Å². The van der Waals surface area contributed by atoms with Crippen LogP contribution in [0.15, 0.2) is 188 Å². The minimum atomic E-state index is -0.172. The monoisotopic (exact) mass is 820 g/mol. The predicted octanol–water partition coefficient (Wildman–Crippen LogP) is 13.5. The van der Waals surface area contributed by atoms with Crippen molar-refractivity contribution in [3.63, 3.8) is 0 Å². The lowest BCUT2D eigenvalue weighted by Crippen LogP contribution is -2.20. The number of hydrogen-bond donors (Lipinski definition) is 2. The Bertz CT molecular complexity index is 3620. The van der Waals surface area contributed by atoms with Crippen LogP contribution >= 0.6 is 0 Å². The Hall–Kier alpha value is -8.74. The Balaban J connectivity index is 1.24. The molecule has 3 aliphatic rings. The molecule has 1 aliphatic carbocycles. The van der Waals surface area contributed by atoms with Crippen LogP contribution in [0, 0.1) is 0 Å². The summed E-state index contributed by atoms with van der Waals surface area (Å²) in [6, 6.07) is 62.5. The molecule has 2 aliphatic heterocycles. The lowest BCUT2D eigenvalue weighted by atomic mass is 9.82. The molecule has 9 aromatic rings. The zero-order valence-corrected chi connectivity index (χ0v) is 34.3. The molecule has 2 N–H and O–H groups in total. The van der Waals surface area contributed by atoms with E-state index in [0.717, 1.165) is 100 Å². The van der Waals surface area contributed by atoms with Gasteiger partial charge in [0.05, 0.1) is 22.8 Å². The van der Waals surface area contributed by atoms with Crippen molar-refractivity contribution in [2.24, 2.45) is 0 Å². The van der Waals surface area contributed by atoms with Crippen LogP contribution in [-0.2, 0) is 0 Å². The largest absolute Gasteiger partial charge is 0.354 e. The van der Waals surface area contributed by atoms with Gasteiger partial charge in [-0.3, -0.25) is 9.59 Å². The summed E-state index contributed by atoms with van der Waals surface area (Å²) in [7, 11) is 0. The van der Waals surface area contributed by atoms with Gasteiger partial charge in [-0.05, 0) is 82.4 Å². The summed E-state index contributed by atoms with van der Waals surface area (Å²) >= 11 is 0. The first-order valence-electron chi connectivity index (χ1n) is 21.3. The summed E-state index contributed by atoms with van der Waals surface area (Å²) < 4.78 is 0. The van der Waals surface area contributed by atoms with Crippen LogP contribution in [0.25, 0.3) is 90.4 Å². The number of H-pyrrole nitrogens is 2. The number of fused-ring (bicyclic) bond motifs is 10. The molecule has 0 fully saturated rings. The minimum absolute atomic E-state index is 0.156. The van der Waals surface area contributed by atoms with Gasteiger partial charge in [0.1, 0.15) is 0 Å². The van der Waals surface area contributed by atoms with E-state index in [1.165, 1.54) is 0 Å². The first-order valence-corrected chi connectivity index (χ1v) is 21.3.